The summed E-state index contributed by atoms with van der Waals surface area (Å²) in [5.41, 5.74) is 6.68. The maximum Gasteiger partial charge on any atom is 0.225 e. The molecule has 5 heteroatoms. The highest BCUT2D eigenvalue weighted by atomic mass is 35.5. The van der Waals surface area contributed by atoms with Crippen LogP contribution in [0.4, 0.5) is 4.39 Å². The van der Waals surface area contributed by atoms with E-state index in [1.165, 1.54) is 12.1 Å². The lowest BCUT2D eigenvalue weighted by atomic mass is 9.85. The van der Waals surface area contributed by atoms with Crippen LogP contribution in [0.15, 0.2) is 18.2 Å². The summed E-state index contributed by atoms with van der Waals surface area (Å²) in [6.45, 7) is 0.393. The largest absolute Gasteiger partial charge is 0.341 e. The van der Waals surface area contributed by atoms with Gasteiger partial charge in [0.25, 0.3) is 0 Å². The van der Waals surface area contributed by atoms with E-state index in [1.54, 1.807) is 18.0 Å². The number of hydrogen-bond acceptors (Lipinski definition) is 2. The third-order valence-corrected chi connectivity index (χ3v) is 4.21. The minimum absolute atomic E-state index is 0.00275. The number of carbonyl (C=O) groups excluding carboxylic acids is 1. The van der Waals surface area contributed by atoms with E-state index in [4.69, 9.17) is 17.3 Å². The number of carbonyl (C=O) groups is 1. The molecule has 2 atom stereocenters. The van der Waals surface area contributed by atoms with E-state index in [1.807, 2.05) is 0 Å². The summed E-state index contributed by atoms with van der Waals surface area (Å²) in [5.74, 6) is -0.269. The summed E-state index contributed by atoms with van der Waals surface area (Å²) in [4.78, 5) is 14.0. The van der Waals surface area contributed by atoms with Gasteiger partial charge in [-0.2, -0.15) is 0 Å². The average molecular weight is 299 g/mol. The van der Waals surface area contributed by atoms with Crippen molar-refractivity contribution in [1.82, 2.24) is 4.90 Å². The second-order valence-electron chi connectivity index (χ2n) is 5.55. The van der Waals surface area contributed by atoms with Crippen molar-refractivity contribution < 1.29 is 9.18 Å². The second kappa shape index (κ2) is 6.55. The molecule has 20 heavy (non-hydrogen) atoms. The number of nitrogens with zero attached hydrogens (tertiary/aromatic N) is 1. The smallest absolute Gasteiger partial charge is 0.225 e. The van der Waals surface area contributed by atoms with Gasteiger partial charge in [0, 0.05) is 30.6 Å². The first-order chi connectivity index (χ1) is 9.47. The van der Waals surface area contributed by atoms with Crippen LogP contribution in [0.3, 0.4) is 0 Å². The first-order valence-corrected chi connectivity index (χ1v) is 7.29. The monoisotopic (exact) mass is 298 g/mol. The molecule has 0 radical (unpaired) electrons. The van der Waals surface area contributed by atoms with Gasteiger partial charge in [-0.05, 0) is 37.0 Å². The molecular formula is C15H20ClFN2O. The van der Waals surface area contributed by atoms with Gasteiger partial charge in [-0.1, -0.05) is 24.1 Å². The Kier molecular flexibility index (Phi) is 5.00. The van der Waals surface area contributed by atoms with E-state index in [2.05, 4.69) is 0 Å². The lowest BCUT2D eigenvalue weighted by molar-refractivity contribution is -0.135. The van der Waals surface area contributed by atoms with Crippen molar-refractivity contribution in [2.45, 2.75) is 38.3 Å². The van der Waals surface area contributed by atoms with E-state index in [0.717, 1.165) is 31.2 Å². The molecule has 3 nitrogen and oxygen atoms in total. The van der Waals surface area contributed by atoms with Crippen molar-refractivity contribution in [2.24, 2.45) is 11.7 Å². The Morgan fingerprint density at radius 2 is 2.25 bits per heavy atom. The Balaban J connectivity index is 2.00. The number of hydrogen-bond donors (Lipinski definition) is 1. The van der Waals surface area contributed by atoms with Crippen LogP contribution in [0.5, 0.6) is 0 Å². The normalized spacial score (nSPS) is 22.6. The van der Waals surface area contributed by atoms with Gasteiger partial charge >= 0.3 is 0 Å². The topological polar surface area (TPSA) is 46.3 Å². The van der Waals surface area contributed by atoms with Crippen LogP contribution < -0.4 is 5.73 Å². The molecule has 1 amide bonds. The van der Waals surface area contributed by atoms with Crippen LogP contribution in [0, 0.1) is 11.7 Å². The maximum absolute atomic E-state index is 13.0. The van der Waals surface area contributed by atoms with Gasteiger partial charge in [-0.15, -0.1) is 0 Å². The van der Waals surface area contributed by atoms with Gasteiger partial charge in [0.05, 0.1) is 0 Å². The van der Waals surface area contributed by atoms with Crippen molar-refractivity contribution in [2.75, 3.05) is 7.05 Å². The number of amides is 1. The molecule has 0 aliphatic heterocycles. The second-order valence-corrected chi connectivity index (χ2v) is 5.96. The summed E-state index contributed by atoms with van der Waals surface area (Å²) < 4.78 is 13.0. The fraction of sp³-hybridized carbons (Fsp3) is 0.533. The van der Waals surface area contributed by atoms with Crippen molar-refractivity contribution in [3.63, 3.8) is 0 Å². The molecule has 0 saturated heterocycles. The van der Waals surface area contributed by atoms with Crippen LogP contribution in [-0.2, 0) is 11.3 Å². The molecule has 1 aliphatic rings. The zero-order valence-electron chi connectivity index (χ0n) is 11.6. The van der Waals surface area contributed by atoms with Crippen LogP contribution >= 0.6 is 11.6 Å². The quantitative estimate of drug-likeness (QED) is 0.932. The number of benzene rings is 1. The molecule has 2 N–H and O–H groups in total. The van der Waals surface area contributed by atoms with Crippen molar-refractivity contribution in [1.29, 1.82) is 0 Å². The number of rotatable bonds is 3. The van der Waals surface area contributed by atoms with Crippen LogP contribution in [0.1, 0.15) is 31.2 Å². The first-order valence-electron chi connectivity index (χ1n) is 6.92. The molecule has 1 aromatic rings. The Morgan fingerprint density at radius 3 is 2.90 bits per heavy atom. The van der Waals surface area contributed by atoms with Gasteiger partial charge in [-0.3, -0.25) is 4.79 Å². The van der Waals surface area contributed by atoms with Crippen molar-refractivity contribution in [3.05, 3.63) is 34.6 Å². The van der Waals surface area contributed by atoms with Gasteiger partial charge < -0.3 is 10.6 Å². The Morgan fingerprint density at radius 1 is 1.50 bits per heavy atom. The van der Waals surface area contributed by atoms with E-state index in [9.17, 15) is 9.18 Å². The molecule has 1 aliphatic carbocycles. The fourth-order valence-corrected chi connectivity index (χ4v) is 2.97. The summed E-state index contributed by atoms with van der Waals surface area (Å²) in [5, 5.41) is 0.352. The predicted molar refractivity (Wildman–Crippen MR) is 77.8 cm³/mol. The molecule has 0 spiro atoms. The fourth-order valence-electron chi connectivity index (χ4n) is 2.75. The standard InChI is InChI=1S/C15H20ClFN2O/c1-19(9-11-5-6-12(17)8-14(11)16)15(20)10-3-2-4-13(18)7-10/h5-6,8,10,13H,2-4,7,9,18H2,1H3/t10-,13+/m1/s1. The van der Waals surface area contributed by atoms with Gasteiger partial charge in [0.15, 0.2) is 0 Å². The average Bonchev–Trinajstić information content (AvgIpc) is 2.41. The van der Waals surface area contributed by atoms with Crippen LogP contribution in [0.25, 0.3) is 0 Å². The molecule has 2 rings (SSSR count). The molecule has 0 heterocycles. The highest BCUT2D eigenvalue weighted by molar-refractivity contribution is 6.31. The third-order valence-electron chi connectivity index (χ3n) is 3.86. The molecule has 1 saturated carbocycles. The summed E-state index contributed by atoms with van der Waals surface area (Å²) in [6, 6.07) is 4.37. The molecule has 0 unspecified atom stereocenters. The van der Waals surface area contributed by atoms with Crippen molar-refractivity contribution >= 4 is 17.5 Å². The lowest BCUT2D eigenvalue weighted by Gasteiger charge is -2.29. The summed E-state index contributed by atoms with van der Waals surface area (Å²) in [7, 11) is 1.75. The molecular weight excluding hydrogens is 279 g/mol. The Hall–Kier alpha value is -1.13. The zero-order chi connectivity index (χ0) is 14.7. The van der Waals surface area contributed by atoms with Crippen LogP contribution in [-0.4, -0.2) is 23.9 Å². The highest BCUT2D eigenvalue weighted by Gasteiger charge is 2.27. The third kappa shape index (κ3) is 3.70. The predicted octanol–water partition coefficient (Wildman–Crippen LogP) is 2.96. The summed E-state index contributed by atoms with van der Waals surface area (Å²) in [6.07, 6.45) is 3.65. The van der Waals surface area contributed by atoms with E-state index in [-0.39, 0.29) is 23.7 Å². The van der Waals surface area contributed by atoms with E-state index < -0.39 is 0 Å². The van der Waals surface area contributed by atoms with Gasteiger partial charge in [-0.25, -0.2) is 4.39 Å². The SMILES string of the molecule is CN(Cc1ccc(F)cc1Cl)C(=O)[C@@H]1CCC[C@H](N)C1. The Labute approximate surface area is 123 Å². The highest BCUT2D eigenvalue weighted by Crippen LogP contribution is 2.26. The van der Waals surface area contributed by atoms with Crippen LogP contribution in [0.2, 0.25) is 5.02 Å². The number of halogens is 2. The molecule has 1 fully saturated rings. The zero-order valence-corrected chi connectivity index (χ0v) is 12.4. The molecule has 0 aromatic heterocycles. The van der Waals surface area contributed by atoms with E-state index >= 15 is 0 Å². The molecule has 0 bridgehead atoms. The molecule has 110 valence electrons. The maximum atomic E-state index is 13.0. The lowest BCUT2D eigenvalue weighted by Crippen LogP contribution is -2.38. The molecule has 1 aromatic carbocycles. The summed E-state index contributed by atoms with van der Waals surface area (Å²) >= 11 is 5.99. The van der Waals surface area contributed by atoms with E-state index in [0.29, 0.717) is 11.6 Å². The Bertz CT molecular complexity index is 495. The van der Waals surface area contributed by atoms with Gasteiger partial charge in [0.1, 0.15) is 5.82 Å². The van der Waals surface area contributed by atoms with Crippen molar-refractivity contribution in [3.8, 4) is 0 Å². The first kappa shape index (κ1) is 15.3. The minimum Gasteiger partial charge on any atom is -0.341 e. The minimum atomic E-state index is -0.369. The van der Waals surface area contributed by atoms with Gasteiger partial charge in [0.2, 0.25) is 5.91 Å². The number of nitrogens with two attached hydrogens (primary N) is 1.